The fourth-order valence-corrected chi connectivity index (χ4v) is 2.14. The van der Waals surface area contributed by atoms with Gasteiger partial charge in [0.25, 0.3) is 0 Å². The first-order valence-electron chi connectivity index (χ1n) is 7.22. The maximum atomic E-state index is 10.6. The van der Waals surface area contributed by atoms with Crippen LogP contribution in [0.2, 0.25) is 0 Å². The van der Waals surface area contributed by atoms with E-state index in [1.54, 1.807) is 18.7 Å². The van der Waals surface area contributed by atoms with Crippen LogP contribution in [0.1, 0.15) is 26.7 Å². The zero-order valence-electron chi connectivity index (χ0n) is 12.6. The molecule has 0 saturated carbocycles. The van der Waals surface area contributed by atoms with Crippen molar-refractivity contribution in [3.63, 3.8) is 0 Å². The molecule has 6 heteroatoms. The average molecular weight is 308 g/mol. The fourth-order valence-electron chi connectivity index (χ4n) is 1.24. The van der Waals surface area contributed by atoms with Crippen LogP contribution in [-0.4, -0.2) is 62.2 Å². The van der Waals surface area contributed by atoms with E-state index in [0.717, 1.165) is 25.2 Å². The Labute approximate surface area is 126 Å². The lowest BCUT2D eigenvalue weighted by Crippen LogP contribution is -2.13. The third-order valence-electron chi connectivity index (χ3n) is 2.55. The molecule has 0 aromatic rings. The Bertz CT molecular complexity index is 226. The van der Waals surface area contributed by atoms with Crippen LogP contribution in [0, 0.1) is 5.92 Å². The molecule has 0 aromatic carbocycles. The third-order valence-corrected chi connectivity index (χ3v) is 3.74. The van der Waals surface area contributed by atoms with Crippen molar-refractivity contribution in [2.75, 3.05) is 51.1 Å². The lowest BCUT2D eigenvalue weighted by atomic mass is 10.2. The normalized spacial score (nSPS) is 12.5. The summed E-state index contributed by atoms with van der Waals surface area (Å²) in [4.78, 5) is 10.6. The van der Waals surface area contributed by atoms with Crippen LogP contribution in [-0.2, 0) is 19.0 Å². The minimum absolute atomic E-state index is 0.295. The predicted molar refractivity (Wildman–Crippen MR) is 81.5 cm³/mol. The van der Waals surface area contributed by atoms with E-state index in [9.17, 15) is 4.79 Å². The van der Waals surface area contributed by atoms with E-state index in [2.05, 4.69) is 6.92 Å². The molecule has 0 radical (unpaired) electrons. The van der Waals surface area contributed by atoms with Crippen LogP contribution < -0.4 is 0 Å². The molecule has 1 atom stereocenters. The molecule has 0 amide bonds. The van der Waals surface area contributed by atoms with E-state index < -0.39 is 5.97 Å². The average Bonchev–Trinajstić information content (AvgIpc) is 2.43. The van der Waals surface area contributed by atoms with Crippen molar-refractivity contribution in [1.29, 1.82) is 0 Å². The van der Waals surface area contributed by atoms with E-state index in [0.29, 0.717) is 38.8 Å². The summed E-state index contributed by atoms with van der Waals surface area (Å²) in [6.07, 6.45) is 2.25. The quantitative estimate of drug-likeness (QED) is 0.468. The molecule has 0 aromatic heterocycles. The Hall–Kier alpha value is -0.300. The molecular weight excluding hydrogens is 280 g/mol. The van der Waals surface area contributed by atoms with Crippen molar-refractivity contribution in [3.8, 4) is 0 Å². The summed E-state index contributed by atoms with van der Waals surface area (Å²) in [6.45, 7) is 7.69. The van der Waals surface area contributed by atoms with Crippen molar-refractivity contribution in [2.45, 2.75) is 26.7 Å². The van der Waals surface area contributed by atoms with Gasteiger partial charge in [-0.3, -0.25) is 4.79 Å². The van der Waals surface area contributed by atoms with Gasteiger partial charge in [0.15, 0.2) is 0 Å². The topological polar surface area (TPSA) is 65.0 Å². The SMILES string of the molecule is CCCCOCCOCCOCCSCC(C)C(=O)O. The van der Waals surface area contributed by atoms with Gasteiger partial charge in [-0.15, -0.1) is 0 Å². The summed E-state index contributed by atoms with van der Waals surface area (Å²) < 4.78 is 16.1. The molecule has 1 unspecified atom stereocenters. The summed E-state index contributed by atoms with van der Waals surface area (Å²) in [5.74, 6) is 0.409. The van der Waals surface area contributed by atoms with Gasteiger partial charge in [0.1, 0.15) is 0 Å². The van der Waals surface area contributed by atoms with E-state index in [1.165, 1.54) is 0 Å². The van der Waals surface area contributed by atoms with Crippen molar-refractivity contribution in [1.82, 2.24) is 0 Å². The number of rotatable bonds is 15. The summed E-state index contributed by atoms with van der Waals surface area (Å²) in [5, 5.41) is 8.70. The first kappa shape index (κ1) is 19.7. The fraction of sp³-hybridized carbons (Fsp3) is 0.929. The maximum absolute atomic E-state index is 10.6. The summed E-state index contributed by atoms with van der Waals surface area (Å²) in [7, 11) is 0. The zero-order chi connectivity index (χ0) is 15.1. The first-order valence-corrected chi connectivity index (χ1v) is 8.37. The molecule has 5 nitrogen and oxygen atoms in total. The molecule has 0 spiro atoms. The monoisotopic (exact) mass is 308 g/mol. The van der Waals surface area contributed by atoms with Crippen LogP contribution in [0.3, 0.4) is 0 Å². The molecule has 0 bridgehead atoms. The molecule has 0 rings (SSSR count). The third kappa shape index (κ3) is 14.1. The minimum atomic E-state index is -0.743. The Morgan fingerprint density at radius 1 is 1.05 bits per heavy atom. The highest BCUT2D eigenvalue weighted by atomic mass is 32.2. The maximum Gasteiger partial charge on any atom is 0.307 e. The largest absolute Gasteiger partial charge is 0.481 e. The number of carboxylic acid groups (broad SMARTS) is 1. The number of carbonyl (C=O) groups is 1. The van der Waals surface area contributed by atoms with Crippen LogP contribution in [0.4, 0.5) is 0 Å². The van der Waals surface area contributed by atoms with E-state index in [1.807, 2.05) is 0 Å². The second-order valence-corrected chi connectivity index (χ2v) is 5.65. The number of ether oxygens (including phenoxy) is 3. The lowest BCUT2D eigenvalue weighted by Gasteiger charge is -2.07. The van der Waals surface area contributed by atoms with Gasteiger partial charge in [-0.1, -0.05) is 20.3 Å². The molecule has 0 heterocycles. The van der Waals surface area contributed by atoms with Crippen LogP contribution >= 0.6 is 11.8 Å². The number of thioether (sulfide) groups is 1. The molecule has 0 aliphatic carbocycles. The van der Waals surface area contributed by atoms with Crippen LogP contribution in [0.15, 0.2) is 0 Å². The molecular formula is C14H28O5S. The van der Waals surface area contributed by atoms with Gasteiger partial charge in [-0.25, -0.2) is 0 Å². The van der Waals surface area contributed by atoms with Gasteiger partial charge in [0, 0.05) is 18.1 Å². The van der Waals surface area contributed by atoms with Gasteiger partial charge >= 0.3 is 5.97 Å². The number of unbranched alkanes of at least 4 members (excludes halogenated alkanes) is 1. The zero-order valence-corrected chi connectivity index (χ0v) is 13.5. The predicted octanol–water partition coefficient (Wildman–Crippen LogP) is 2.29. The van der Waals surface area contributed by atoms with Gasteiger partial charge in [0.2, 0.25) is 0 Å². The number of hydrogen-bond donors (Lipinski definition) is 1. The van der Waals surface area contributed by atoms with Crippen LogP contribution in [0.5, 0.6) is 0 Å². The molecule has 120 valence electrons. The molecule has 0 aliphatic heterocycles. The van der Waals surface area contributed by atoms with Gasteiger partial charge in [-0.05, 0) is 6.42 Å². The van der Waals surface area contributed by atoms with Gasteiger partial charge < -0.3 is 19.3 Å². The molecule has 0 saturated heterocycles. The second-order valence-electron chi connectivity index (χ2n) is 4.50. The summed E-state index contributed by atoms with van der Waals surface area (Å²) in [6, 6.07) is 0. The van der Waals surface area contributed by atoms with Gasteiger partial charge in [-0.2, -0.15) is 11.8 Å². The van der Waals surface area contributed by atoms with Gasteiger partial charge in [0.05, 0.1) is 39.0 Å². The number of carboxylic acids is 1. The van der Waals surface area contributed by atoms with E-state index in [4.69, 9.17) is 19.3 Å². The smallest absolute Gasteiger partial charge is 0.307 e. The Morgan fingerprint density at radius 3 is 2.15 bits per heavy atom. The number of hydrogen-bond acceptors (Lipinski definition) is 5. The molecule has 20 heavy (non-hydrogen) atoms. The molecule has 0 aliphatic rings. The van der Waals surface area contributed by atoms with Crippen molar-refractivity contribution in [2.24, 2.45) is 5.92 Å². The summed E-state index contributed by atoms with van der Waals surface area (Å²) in [5.41, 5.74) is 0. The highest BCUT2D eigenvalue weighted by Gasteiger charge is 2.09. The van der Waals surface area contributed by atoms with Crippen molar-refractivity contribution in [3.05, 3.63) is 0 Å². The standard InChI is InChI=1S/C14H28O5S/c1-3-4-5-17-6-7-18-8-9-19-10-11-20-12-13(2)14(15)16/h13H,3-12H2,1-2H3,(H,15,16). The van der Waals surface area contributed by atoms with Crippen molar-refractivity contribution < 1.29 is 24.1 Å². The Kier molecular flexibility index (Phi) is 14.9. The van der Waals surface area contributed by atoms with Crippen molar-refractivity contribution >= 4 is 17.7 Å². The Morgan fingerprint density at radius 2 is 1.60 bits per heavy atom. The lowest BCUT2D eigenvalue weighted by molar-refractivity contribution is -0.140. The minimum Gasteiger partial charge on any atom is -0.481 e. The van der Waals surface area contributed by atoms with E-state index >= 15 is 0 Å². The highest BCUT2D eigenvalue weighted by Crippen LogP contribution is 2.07. The highest BCUT2D eigenvalue weighted by molar-refractivity contribution is 7.99. The van der Waals surface area contributed by atoms with Crippen LogP contribution in [0.25, 0.3) is 0 Å². The molecule has 0 fully saturated rings. The summed E-state index contributed by atoms with van der Waals surface area (Å²) >= 11 is 1.60. The Balaban J connectivity index is 3.04. The number of aliphatic carboxylic acids is 1. The first-order chi connectivity index (χ1) is 9.68. The molecule has 1 N–H and O–H groups in total. The van der Waals surface area contributed by atoms with E-state index in [-0.39, 0.29) is 5.92 Å². The second kappa shape index (κ2) is 15.1.